The number of nitrogens with one attached hydrogen (secondary N) is 1. The van der Waals surface area contributed by atoms with Crippen LogP contribution in [0.5, 0.6) is 0 Å². The molecule has 18 heavy (non-hydrogen) atoms. The molecule has 1 atom stereocenters. The first-order chi connectivity index (χ1) is 8.72. The van der Waals surface area contributed by atoms with Gasteiger partial charge in [-0.05, 0) is 6.42 Å². The lowest BCUT2D eigenvalue weighted by Gasteiger charge is -2.29. The van der Waals surface area contributed by atoms with Gasteiger partial charge in [0.25, 0.3) is 0 Å². The van der Waals surface area contributed by atoms with Crippen LogP contribution in [0.1, 0.15) is 26.2 Å². The van der Waals surface area contributed by atoms with Gasteiger partial charge in [-0.25, -0.2) is 0 Å². The van der Waals surface area contributed by atoms with Crippen molar-refractivity contribution in [1.29, 1.82) is 0 Å². The molecule has 0 aliphatic carbocycles. The maximum atomic E-state index is 12.3. The zero-order valence-corrected chi connectivity index (χ0v) is 11.2. The lowest BCUT2D eigenvalue weighted by Crippen LogP contribution is -2.48. The molecule has 0 bridgehead atoms. The maximum absolute atomic E-state index is 12.3. The summed E-state index contributed by atoms with van der Waals surface area (Å²) in [4.78, 5) is 27.9. The summed E-state index contributed by atoms with van der Waals surface area (Å²) in [6, 6.07) is 0. The minimum absolute atomic E-state index is 0.104. The normalized spacial score (nSPS) is 24.7. The minimum atomic E-state index is -0.104. The molecule has 2 amide bonds. The quantitative estimate of drug-likeness (QED) is 0.771. The largest absolute Gasteiger partial charge is 0.342 e. The number of amides is 2. The van der Waals surface area contributed by atoms with E-state index in [9.17, 15) is 9.59 Å². The standard InChI is InChI=1S/C13H23N3O2/c1-2-3-6-16-10-11(9-12(16)17)13(18)15-7-4-14-5-8-15/h11,14H,2-10H2,1H3. The SMILES string of the molecule is CCCCN1CC(C(=O)N2CCNCC2)CC1=O. The molecule has 2 aliphatic rings. The van der Waals surface area contributed by atoms with Crippen LogP contribution in [0.2, 0.25) is 0 Å². The van der Waals surface area contributed by atoms with E-state index in [-0.39, 0.29) is 17.7 Å². The molecule has 2 heterocycles. The number of nitrogens with zero attached hydrogens (tertiary/aromatic N) is 2. The Balaban J connectivity index is 1.86. The van der Waals surface area contributed by atoms with E-state index in [0.29, 0.717) is 13.0 Å². The Bertz CT molecular complexity index is 313. The van der Waals surface area contributed by atoms with Crippen molar-refractivity contribution in [3.63, 3.8) is 0 Å². The van der Waals surface area contributed by atoms with E-state index in [1.54, 1.807) is 0 Å². The average Bonchev–Trinajstić information content (AvgIpc) is 2.78. The van der Waals surface area contributed by atoms with Gasteiger partial charge >= 0.3 is 0 Å². The lowest BCUT2D eigenvalue weighted by molar-refractivity contribution is -0.136. The Morgan fingerprint density at radius 3 is 2.78 bits per heavy atom. The van der Waals surface area contributed by atoms with E-state index < -0.39 is 0 Å². The predicted molar refractivity (Wildman–Crippen MR) is 69.0 cm³/mol. The Morgan fingerprint density at radius 1 is 1.39 bits per heavy atom. The first kappa shape index (κ1) is 13.3. The van der Waals surface area contributed by atoms with E-state index in [0.717, 1.165) is 45.6 Å². The molecule has 2 saturated heterocycles. The number of rotatable bonds is 4. The van der Waals surface area contributed by atoms with Gasteiger partial charge in [-0.15, -0.1) is 0 Å². The molecule has 2 aliphatic heterocycles. The van der Waals surface area contributed by atoms with Crippen LogP contribution in [0.15, 0.2) is 0 Å². The molecular formula is C13H23N3O2. The molecule has 1 N–H and O–H groups in total. The number of unbranched alkanes of at least 4 members (excludes halogenated alkanes) is 1. The molecule has 0 aromatic heterocycles. The van der Waals surface area contributed by atoms with Crippen molar-refractivity contribution in [2.45, 2.75) is 26.2 Å². The van der Waals surface area contributed by atoms with E-state index >= 15 is 0 Å². The van der Waals surface area contributed by atoms with Crippen LogP contribution in [0.3, 0.4) is 0 Å². The third-order valence-corrected chi connectivity index (χ3v) is 3.77. The van der Waals surface area contributed by atoms with E-state index in [4.69, 9.17) is 0 Å². The van der Waals surface area contributed by atoms with Crippen molar-refractivity contribution in [2.75, 3.05) is 39.3 Å². The molecule has 5 heteroatoms. The zero-order valence-electron chi connectivity index (χ0n) is 11.2. The van der Waals surface area contributed by atoms with Crippen molar-refractivity contribution < 1.29 is 9.59 Å². The van der Waals surface area contributed by atoms with Gasteiger partial charge in [0.05, 0.1) is 5.92 Å². The van der Waals surface area contributed by atoms with Gasteiger partial charge in [0, 0.05) is 45.7 Å². The lowest BCUT2D eigenvalue weighted by atomic mass is 10.1. The number of carbonyl (C=O) groups is 2. The van der Waals surface area contributed by atoms with E-state index in [1.165, 1.54) is 0 Å². The van der Waals surface area contributed by atoms with Crippen molar-refractivity contribution in [3.05, 3.63) is 0 Å². The van der Waals surface area contributed by atoms with Gasteiger partial charge in [-0.3, -0.25) is 9.59 Å². The smallest absolute Gasteiger partial charge is 0.228 e. The predicted octanol–water partition coefficient (Wildman–Crippen LogP) is 0.0668. The summed E-state index contributed by atoms with van der Waals surface area (Å²) >= 11 is 0. The third kappa shape index (κ3) is 3.02. The Labute approximate surface area is 108 Å². The van der Waals surface area contributed by atoms with Crippen molar-refractivity contribution in [2.24, 2.45) is 5.92 Å². The highest BCUT2D eigenvalue weighted by Gasteiger charge is 2.36. The van der Waals surface area contributed by atoms with Crippen LogP contribution in [-0.2, 0) is 9.59 Å². The fraction of sp³-hybridized carbons (Fsp3) is 0.846. The molecule has 2 fully saturated rings. The van der Waals surface area contributed by atoms with Crippen molar-refractivity contribution >= 4 is 11.8 Å². The summed E-state index contributed by atoms with van der Waals surface area (Å²) in [7, 11) is 0. The molecule has 0 saturated carbocycles. The molecule has 1 unspecified atom stereocenters. The Kier molecular flexibility index (Phi) is 4.58. The Hall–Kier alpha value is -1.10. The summed E-state index contributed by atoms with van der Waals surface area (Å²) in [5, 5.41) is 3.23. The maximum Gasteiger partial charge on any atom is 0.228 e. The highest BCUT2D eigenvalue weighted by Crippen LogP contribution is 2.20. The van der Waals surface area contributed by atoms with Gasteiger partial charge in [0.2, 0.25) is 11.8 Å². The fourth-order valence-corrected chi connectivity index (χ4v) is 2.65. The zero-order chi connectivity index (χ0) is 13.0. The van der Waals surface area contributed by atoms with Gasteiger partial charge < -0.3 is 15.1 Å². The van der Waals surface area contributed by atoms with Crippen LogP contribution in [0.25, 0.3) is 0 Å². The third-order valence-electron chi connectivity index (χ3n) is 3.77. The summed E-state index contributed by atoms with van der Waals surface area (Å²) < 4.78 is 0. The molecule has 0 aromatic rings. The number of likely N-dealkylation sites (tertiary alicyclic amines) is 1. The molecule has 102 valence electrons. The second-order valence-electron chi connectivity index (χ2n) is 5.17. The topological polar surface area (TPSA) is 52.7 Å². The van der Waals surface area contributed by atoms with Crippen molar-refractivity contribution in [3.8, 4) is 0 Å². The fourth-order valence-electron chi connectivity index (χ4n) is 2.65. The van der Waals surface area contributed by atoms with Gasteiger partial charge in [0.1, 0.15) is 0 Å². The van der Waals surface area contributed by atoms with Crippen LogP contribution in [-0.4, -0.2) is 60.9 Å². The molecule has 0 radical (unpaired) electrons. The van der Waals surface area contributed by atoms with E-state index in [2.05, 4.69) is 12.2 Å². The van der Waals surface area contributed by atoms with E-state index in [1.807, 2.05) is 9.80 Å². The van der Waals surface area contributed by atoms with Crippen LogP contribution < -0.4 is 5.32 Å². The number of piperazine rings is 1. The first-order valence-electron chi connectivity index (χ1n) is 6.99. The number of carbonyl (C=O) groups excluding carboxylic acids is 2. The molecular weight excluding hydrogens is 230 g/mol. The van der Waals surface area contributed by atoms with Crippen LogP contribution >= 0.6 is 0 Å². The molecule has 2 rings (SSSR count). The van der Waals surface area contributed by atoms with Crippen LogP contribution in [0.4, 0.5) is 0 Å². The first-order valence-corrected chi connectivity index (χ1v) is 6.99. The molecule has 0 spiro atoms. The molecule has 5 nitrogen and oxygen atoms in total. The highest BCUT2D eigenvalue weighted by atomic mass is 16.2. The van der Waals surface area contributed by atoms with Gasteiger partial charge in [-0.2, -0.15) is 0 Å². The average molecular weight is 253 g/mol. The summed E-state index contributed by atoms with van der Waals surface area (Å²) in [5.74, 6) is 0.216. The number of hydrogen-bond donors (Lipinski definition) is 1. The monoisotopic (exact) mass is 253 g/mol. The second kappa shape index (κ2) is 6.18. The second-order valence-corrected chi connectivity index (χ2v) is 5.17. The minimum Gasteiger partial charge on any atom is -0.342 e. The summed E-state index contributed by atoms with van der Waals surface area (Å²) in [5.41, 5.74) is 0. The van der Waals surface area contributed by atoms with Gasteiger partial charge in [0.15, 0.2) is 0 Å². The van der Waals surface area contributed by atoms with Gasteiger partial charge in [-0.1, -0.05) is 13.3 Å². The van der Waals surface area contributed by atoms with Crippen LogP contribution in [0, 0.1) is 5.92 Å². The highest BCUT2D eigenvalue weighted by molar-refractivity contribution is 5.89. The Morgan fingerprint density at radius 2 is 2.11 bits per heavy atom. The number of hydrogen-bond acceptors (Lipinski definition) is 3. The summed E-state index contributed by atoms with van der Waals surface area (Å²) in [6.07, 6.45) is 2.52. The molecule has 0 aromatic carbocycles. The van der Waals surface area contributed by atoms with Crippen molar-refractivity contribution in [1.82, 2.24) is 15.1 Å². The summed E-state index contributed by atoms with van der Waals surface area (Å²) in [6.45, 7) is 6.83.